The van der Waals surface area contributed by atoms with Crippen molar-refractivity contribution in [1.82, 2.24) is 5.32 Å². The van der Waals surface area contributed by atoms with Gasteiger partial charge in [-0.2, -0.15) is 13.2 Å². The van der Waals surface area contributed by atoms with E-state index in [1.807, 2.05) is 12.2 Å². The molecule has 0 spiro atoms. The van der Waals surface area contributed by atoms with E-state index in [2.05, 4.69) is 5.32 Å². The highest BCUT2D eigenvalue weighted by molar-refractivity contribution is 5.30. The van der Waals surface area contributed by atoms with Crippen molar-refractivity contribution in [3.63, 3.8) is 0 Å². The van der Waals surface area contributed by atoms with E-state index in [9.17, 15) is 13.2 Å². The molecule has 0 saturated carbocycles. The predicted molar refractivity (Wildman–Crippen MR) is 56.2 cm³/mol. The van der Waals surface area contributed by atoms with Crippen LogP contribution in [0.3, 0.4) is 0 Å². The molecular formula is C12H12F3N. The lowest BCUT2D eigenvalue weighted by Gasteiger charge is -2.18. The summed E-state index contributed by atoms with van der Waals surface area (Å²) in [5, 5.41) is 3.17. The van der Waals surface area contributed by atoms with Crippen LogP contribution in [-0.4, -0.2) is 13.1 Å². The van der Waals surface area contributed by atoms with Gasteiger partial charge in [-0.3, -0.25) is 0 Å². The Kier molecular flexibility index (Phi) is 3.01. The molecule has 0 bridgehead atoms. The minimum Gasteiger partial charge on any atom is -0.312 e. The van der Waals surface area contributed by atoms with Crippen molar-refractivity contribution >= 4 is 0 Å². The Labute approximate surface area is 92.0 Å². The van der Waals surface area contributed by atoms with Gasteiger partial charge in [0.25, 0.3) is 0 Å². The van der Waals surface area contributed by atoms with Gasteiger partial charge in [-0.15, -0.1) is 0 Å². The molecule has 0 aliphatic carbocycles. The molecule has 16 heavy (non-hydrogen) atoms. The third-order valence-electron chi connectivity index (χ3n) is 2.66. The lowest BCUT2D eigenvalue weighted by atomic mass is 9.96. The fraction of sp³-hybridized carbons (Fsp3) is 0.333. The van der Waals surface area contributed by atoms with Crippen LogP contribution < -0.4 is 5.32 Å². The first-order valence-corrected chi connectivity index (χ1v) is 5.12. The van der Waals surface area contributed by atoms with Crippen LogP contribution in [0.15, 0.2) is 36.4 Å². The molecule has 1 unspecified atom stereocenters. The molecule has 4 heteroatoms. The fourth-order valence-electron chi connectivity index (χ4n) is 1.77. The van der Waals surface area contributed by atoms with Gasteiger partial charge in [-0.1, -0.05) is 24.3 Å². The lowest BCUT2D eigenvalue weighted by molar-refractivity contribution is -0.137. The van der Waals surface area contributed by atoms with Crippen LogP contribution in [0.25, 0.3) is 0 Å². The normalized spacial score (nSPS) is 21.1. The third kappa shape index (κ3) is 2.44. The molecule has 0 aromatic heterocycles. The second-order valence-electron chi connectivity index (χ2n) is 3.81. The summed E-state index contributed by atoms with van der Waals surface area (Å²) in [6.07, 6.45) is -0.232. The van der Waals surface area contributed by atoms with E-state index in [4.69, 9.17) is 0 Å². The standard InChI is InChI=1S/C12H12F3N/c13-12(14,15)11-5-3-9(4-6-11)10-2-1-7-16-8-10/h1-6,10,16H,7-8H2. The highest BCUT2D eigenvalue weighted by Crippen LogP contribution is 2.30. The number of benzene rings is 1. The van der Waals surface area contributed by atoms with E-state index >= 15 is 0 Å². The van der Waals surface area contributed by atoms with Crippen LogP contribution in [0.4, 0.5) is 13.2 Å². The molecule has 0 amide bonds. The van der Waals surface area contributed by atoms with Crippen LogP contribution in [-0.2, 0) is 6.18 Å². The summed E-state index contributed by atoms with van der Waals surface area (Å²) < 4.78 is 37.0. The van der Waals surface area contributed by atoms with Crippen LogP contribution in [0, 0.1) is 0 Å². The maximum Gasteiger partial charge on any atom is 0.416 e. The predicted octanol–water partition coefficient (Wildman–Crippen LogP) is 2.95. The second kappa shape index (κ2) is 4.29. The first-order chi connectivity index (χ1) is 7.57. The average molecular weight is 227 g/mol. The zero-order chi connectivity index (χ0) is 11.6. The van der Waals surface area contributed by atoms with Gasteiger partial charge in [-0.25, -0.2) is 0 Å². The molecule has 1 heterocycles. The molecule has 1 atom stereocenters. The smallest absolute Gasteiger partial charge is 0.312 e. The number of rotatable bonds is 1. The van der Waals surface area contributed by atoms with Crippen LogP contribution in [0.2, 0.25) is 0 Å². The van der Waals surface area contributed by atoms with Gasteiger partial charge in [0.15, 0.2) is 0 Å². The molecular weight excluding hydrogens is 215 g/mol. The van der Waals surface area contributed by atoms with E-state index in [0.717, 1.165) is 30.8 Å². The van der Waals surface area contributed by atoms with Crippen molar-refractivity contribution in [3.8, 4) is 0 Å². The molecule has 1 aromatic carbocycles. The molecule has 2 rings (SSSR count). The van der Waals surface area contributed by atoms with E-state index in [1.54, 1.807) is 12.1 Å². The largest absolute Gasteiger partial charge is 0.416 e. The molecule has 1 nitrogen and oxygen atoms in total. The Bertz CT molecular complexity index is 378. The third-order valence-corrected chi connectivity index (χ3v) is 2.66. The van der Waals surface area contributed by atoms with Crippen LogP contribution in [0.1, 0.15) is 17.0 Å². The summed E-state index contributed by atoms with van der Waals surface area (Å²) in [6.45, 7) is 1.61. The number of alkyl halides is 3. The molecule has 0 fully saturated rings. The van der Waals surface area contributed by atoms with Gasteiger partial charge >= 0.3 is 6.18 Å². The summed E-state index contributed by atoms with van der Waals surface area (Å²) in [5.41, 5.74) is 0.320. The number of hydrogen-bond donors (Lipinski definition) is 1. The minimum absolute atomic E-state index is 0.177. The summed E-state index contributed by atoms with van der Waals surface area (Å²) >= 11 is 0. The molecule has 0 radical (unpaired) electrons. The molecule has 86 valence electrons. The van der Waals surface area contributed by atoms with Gasteiger partial charge in [0, 0.05) is 19.0 Å². The Balaban J connectivity index is 2.19. The van der Waals surface area contributed by atoms with Crippen molar-refractivity contribution in [2.45, 2.75) is 12.1 Å². The van der Waals surface area contributed by atoms with E-state index < -0.39 is 11.7 Å². The first kappa shape index (κ1) is 11.2. The Morgan fingerprint density at radius 1 is 1.12 bits per heavy atom. The topological polar surface area (TPSA) is 12.0 Å². The zero-order valence-electron chi connectivity index (χ0n) is 8.59. The first-order valence-electron chi connectivity index (χ1n) is 5.12. The van der Waals surface area contributed by atoms with Gasteiger partial charge < -0.3 is 5.32 Å². The van der Waals surface area contributed by atoms with Crippen molar-refractivity contribution in [2.24, 2.45) is 0 Å². The van der Waals surface area contributed by atoms with E-state index in [-0.39, 0.29) is 5.92 Å². The summed E-state index contributed by atoms with van der Waals surface area (Å²) in [7, 11) is 0. The highest BCUT2D eigenvalue weighted by atomic mass is 19.4. The number of nitrogens with one attached hydrogen (secondary N) is 1. The highest BCUT2D eigenvalue weighted by Gasteiger charge is 2.30. The maximum atomic E-state index is 12.3. The molecule has 1 N–H and O–H groups in total. The zero-order valence-corrected chi connectivity index (χ0v) is 8.59. The molecule has 1 aliphatic heterocycles. The number of halogens is 3. The lowest BCUT2D eigenvalue weighted by Crippen LogP contribution is -2.24. The van der Waals surface area contributed by atoms with E-state index in [1.165, 1.54) is 0 Å². The van der Waals surface area contributed by atoms with Crippen molar-refractivity contribution < 1.29 is 13.2 Å². The quantitative estimate of drug-likeness (QED) is 0.727. The second-order valence-corrected chi connectivity index (χ2v) is 3.81. The Morgan fingerprint density at radius 2 is 1.81 bits per heavy atom. The van der Waals surface area contributed by atoms with Crippen LogP contribution >= 0.6 is 0 Å². The average Bonchev–Trinajstić information content (AvgIpc) is 2.29. The van der Waals surface area contributed by atoms with Crippen molar-refractivity contribution in [3.05, 3.63) is 47.5 Å². The summed E-state index contributed by atoms with van der Waals surface area (Å²) in [5.74, 6) is 0.177. The van der Waals surface area contributed by atoms with Gasteiger partial charge in [-0.05, 0) is 17.7 Å². The van der Waals surface area contributed by atoms with Crippen molar-refractivity contribution in [2.75, 3.05) is 13.1 Å². The molecule has 0 saturated heterocycles. The number of hydrogen-bond acceptors (Lipinski definition) is 1. The Morgan fingerprint density at radius 3 is 2.31 bits per heavy atom. The maximum absolute atomic E-state index is 12.3. The van der Waals surface area contributed by atoms with Gasteiger partial charge in [0.1, 0.15) is 0 Å². The van der Waals surface area contributed by atoms with Gasteiger partial charge in [0.2, 0.25) is 0 Å². The minimum atomic E-state index is -4.25. The van der Waals surface area contributed by atoms with E-state index in [0.29, 0.717) is 0 Å². The van der Waals surface area contributed by atoms with Crippen LogP contribution in [0.5, 0.6) is 0 Å². The molecule has 1 aromatic rings. The summed E-state index contributed by atoms with van der Waals surface area (Å²) in [4.78, 5) is 0. The van der Waals surface area contributed by atoms with Crippen molar-refractivity contribution in [1.29, 1.82) is 0 Å². The Hall–Kier alpha value is -1.29. The SMILES string of the molecule is FC(F)(F)c1ccc(C2C=CCNC2)cc1. The monoisotopic (exact) mass is 227 g/mol. The molecule has 1 aliphatic rings. The fourth-order valence-corrected chi connectivity index (χ4v) is 1.77. The summed E-state index contributed by atoms with van der Waals surface area (Å²) in [6, 6.07) is 5.37. The van der Waals surface area contributed by atoms with Gasteiger partial charge in [0.05, 0.1) is 5.56 Å².